The van der Waals surface area contributed by atoms with Crippen LogP contribution in [-0.4, -0.2) is 19.2 Å². The monoisotopic (exact) mass is 258 g/mol. The largest absolute Gasteiger partial charge is 0.493 e. The van der Waals surface area contributed by atoms with E-state index in [1.807, 2.05) is 37.3 Å². The van der Waals surface area contributed by atoms with Crippen molar-refractivity contribution < 1.29 is 9.47 Å². The smallest absolute Gasteiger partial charge is 0.161 e. The first-order valence-corrected chi connectivity index (χ1v) is 6.10. The molecule has 4 heteroatoms. The first kappa shape index (κ1) is 13.2. The Morgan fingerprint density at radius 3 is 2.53 bits per heavy atom. The second-order valence-electron chi connectivity index (χ2n) is 4.23. The van der Waals surface area contributed by atoms with E-state index in [0.29, 0.717) is 0 Å². The van der Waals surface area contributed by atoms with E-state index < -0.39 is 0 Å². The maximum Gasteiger partial charge on any atom is 0.161 e. The normalized spacial score (nSPS) is 10.1. The average Bonchev–Trinajstić information content (AvgIpc) is 2.45. The third-order valence-electron chi connectivity index (χ3n) is 2.84. The van der Waals surface area contributed by atoms with E-state index in [9.17, 15) is 0 Å². The molecule has 0 saturated carbocycles. The van der Waals surface area contributed by atoms with Gasteiger partial charge in [-0.1, -0.05) is 6.07 Å². The molecule has 0 fully saturated rings. The van der Waals surface area contributed by atoms with Crippen LogP contribution in [0.3, 0.4) is 0 Å². The fourth-order valence-electron chi connectivity index (χ4n) is 1.85. The van der Waals surface area contributed by atoms with Gasteiger partial charge in [0.1, 0.15) is 0 Å². The number of hydrogen-bond acceptors (Lipinski definition) is 4. The van der Waals surface area contributed by atoms with Crippen LogP contribution in [0.4, 0.5) is 5.69 Å². The molecule has 0 radical (unpaired) electrons. The van der Waals surface area contributed by atoms with Crippen molar-refractivity contribution in [2.24, 2.45) is 0 Å². The van der Waals surface area contributed by atoms with Crippen molar-refractivity contribution in [2.75, 3.05) is 19.5 Å². The number of aryl methyl sites for hydroxylation is 1. The van der Waals surface area contributed by atoms with Crippen molar-refractivity contribution in [3.05, 3.63) is 47.8 Å². The highest BCUT2D eigenvalue weighted by Crippen LogP contribution is 2.27. The minimum Gasteiger partial charge on any atom is -0.493 e. The van der Waals surface area contributed by atoms with Gasteiger partial charge < -0.3 is 14.8 Å². The highest BCUT2D eigenvalue weighted by Gasteiger charge is 2.04. The molecule has 0 atom stereocenters. The molecule has 1 aromatic heterocycles. The van der Waals surface area contributed by atoms with Crippen LogP contribution < -0.4 is 14.8 Å². The first-order valence-electron chi connectivity index (χ1n) is 6.10. The van der Waals surface area contributed by atoms with Crippen molar-refractivity contribution in [3.8, 4) is 11.5 Å². The van der Waals surface area contributed by atoms with Crippen LogP contribution in [0.25, 0.3) is 0 Å². The molecule has 100 valence electrons. The number of pyridine rings is 1. The molecule has 1 heterocycles. The van der Waals surface area contributed by atoms with Gasteiger partial charge in [0, 0.05) is 24.1 Å². The molecule has 2 rings (SSSR count). The van der Waals surface area contributed by atoms with Crippen LogP contribution in [-0.2, 0) is 6.54 Å². The van der Waals surface area contributed by atoms with Gasteiger partial charge in [-0.2, -0.15) is 0 Å². The predicted molar refractivity (Wildman–Crippen MR) is 75.8 cm³/mol. The van der Waals surface area contributed by atoms with Gasteiger partial charge in [-0.25, -0.2) is 0 Å². The summed E-state index contributed by atoms with van der Waals surface area (Å²) in [4.78, 5) is 4.17. The minimum atomic E-state index is 0.726. The quantitative estimate of drug-likeness (QED) is 0.895. The number of benzene rings is 1. The van der Waals surface area contributed by atoms with Gasteiger partial charge in [0.25, 0.3) is 0 Å². The average molecular weight is 258 g/mol. The third-order valence-corrected chi connectivity index (χ3v) is 2.84. The molecule has 0 aliphatic carbocycles. The highest BCUT2D eigenvalue weighted by atomic mass is 16.5. The molecular formula is C15H18N2O2. The third kappa shape index (κ3) is 3.37. The van der Waals surface area contributed by atoms with Gasteiger partial charge >= 0.3 is 0 Å². The number of anilines is 1. The maximum atomic E-state index is 5.29. The van der Waals surface area contributed by atoms with E-state index in [1.165, 1.54) is 0 Å². The zero-order valence-corrected chi connectivity index (χ0v) is 11.4. The van der Waals surface area contributed by atoms with Gasteiger partial charge in [0.05, 0.1) is 14.2 Å². The highest BCUT2D eigenvalue weighted by molar-refractivity contribution is 5.46. The van der Waals surface area contributed by atoms with E-state index in [1.54, 1.807) is 20.4 Å². The predicted octanol–water partition coefficient (Wildman–Crippen LogP) is 3.02. The lowest BCUT2D eigenvalue weighted by molar-refractivity contribution is 0.354. The van der Waals surface area contributed by atoms with Gasteiger partial charge in [0.2, 0.25) is 0 Å². The summed E-state index contributed by atoms with van der Waals surface area (Å²) in [5, 5.41) is 3.35. The summed E-state index contributed by atoms with van der Waals surface area (Å²) in [5.41, 5.74) is 3.19. The summed E-state index contributed by atoms with van der Waals surface area (Å²) in [6.45, 7) is 2.70. The Labute approximate surface area is 113 Å². The summed E-state index contributed by atoms with van der Waals surface area (Å²) in [6.07, 6.45) is 1.80. The zero-order valence-electron chi connectivity index (χ0n) is 11.4. The lowest BCUT2D eigenvalue weighted by atomic mass is 10.2. The van der Waals surface area contributed by atoms with E-state index in [4.69, 9.17) is 9.47 Å². The number of rotatable bonds is 5. The van der Waals surface area contributed by atoms with Crippen LogP contribution in [0.1, 0.15) is 11.3 Å². The number of nitrogens with one attached hydrogen (secondary N) is 1. The van der Waals surface area contributed by atoms with Crippen molar-refractivity contribution in [1.29, 1.82) is 0 Å². The molecule has 2 aromatic rings. The Balaban J connectivity index is 2.07. The van der Waals surface area contributed by atoms with Gasteiger partial charge in [-0.05, 0) is 36.8 Å². The van der Waals surface area contributed by atoms with E-state index >= 15 is 0 Å². The topological polar surface area (TPSA) is 43.4 Å². The molecule has 19 heavy (non-hydrogen) atoms. The maximum absolute atomic E-state index is 5.29. The molecule has 0 amide bonds. The zero-order chi connectivity index (χ0) is 13.7. The number of nitrogens with zero attached hydrogens (tertiary/aromatic N) is 1. The van der Waals surface area contributed by atoms with E-state index in [-0.39, 0.29) is 0 Å². The molecule has 0 unspecified atom stereocenters. The fourth-order valence-corrected chi connectivity index (χ4v) is 1.85. The number of aromatic nitrogens is 1. The molecule has 0 aliphatic heterocycles. The SMILES string of the molecule is COc1ccc(CNc2ccnc(C)c2)cc1OC. The molecule has 0 saturated heterocycles. The second-order valence-corrected chi connectivity index (χ2v) is 4.23. The summed E-state index contributed by atoms with van der Waals surface area (Å²) < 4.78 is 10.5. The van der Waals surface area contributed by atoms with Crippen LogP contribution in [0.2, 0.25) is 0 Å². The van der Waals surface area contributed by atoms with Crippen LogP contribution in [0.5, 0.6) is 11.5 Å². The van der Waals surface area contributed by atoms with Crippen molar-refractivity contribution in [3.63, 3.8) is 0 Å². The van der Waals surface area contributed by atoms with Gasteiger partial charge in [0.15, 0.2) is 11.5 Å². The van der Waals surface area contributed by atoms with Gasteiger partial charge in [-0.15, -0.1) is 0 Å². The van der Waals surface area contributed by atoms with E-state index in [0.717, 1.165) is 35.0 Å². The fraction of sp³-hybridized carbons (Fsp3) is 0.267. The second kappa shape index (κ2) is 6.09. The standard InChI is InChI=1S/C15H18N2O2/c1-11-8-13(6-7-16-11)17-10-12-4-5-14(18-2)15(9-12)19-3/h4-9H,10H2,1-3H3,(H,16,17). The number of hydrogen-bond donors (Lipinski definition) is 1. The first-order chi connectivity index (χ1) is 9.22. The van der Waals surface area contributed by atoms with Crippen molar-refractivity contribution in [2.45, 2.75) is 13.5 Å². The van der Waals surface area contributed by atoms with Crippen molar-refractivity contribution in [1.82, 2.24) is 4.98 Å². The lowest BCUT2D eigenvalue weighted by Gasteiger charge is -2.11. The molecule has 4 nitrogen and oxygen atoms in total. The minimum absolute atomic E-state index is 0.726. The molecular weight excluding hydrogens is 240 g/mol. The molecule has 0 aliphatic rings. The molecule has 1 aromatic carbocycles. The van der Waals surface area contributed by atoms with E-state index in [2.05, 4.69) is 10.3 Å². The van der Waals surface area contributed by atoms with Crippen LogP contribution >= 0.6 is 0 Å². The number of methoxy groups -OCH3 is 2. The summed E-state index contributed by atoms with van der Waals surface area (Å²) in [6, 6.07) is 9.87. The van der Waals surface area contributed by atoms with Crippen LogP contribution in [0, 0.1) is 6.92 Å². The Bertz CT molecular complexity index is 556. The summed E-state index contributed by atoms with van der Waals surface area (Å²) in [7, 11) is 3.27. The Kier molecular flexibility index (Phi) is 4.23. The molecule has 0 bridgehead atoms. The molecule has 0 spiro atoms. The lowest BCUT2D eigenvalue weighted by Crippen LogP contribution is -2.01. The van der Waals surface area contributed by atoms with Gasteiger partial charge in [-0.3, -0.25) is 4.98 Å². The Hall–Kier alpha value is -2.23. The molecule has 1 N–H and O–H groups in total. The van der Waals surface area contributed by atoms with Crippen LogP contribution in [0.15, 0.2) is 36.5 Å². The Morgan fingerprint density at radius 2 is 1.84 bits per heavy atom. The summed E-state index contributed by atoms with van der Waals surface area (Å²) >= 11 is 0. The number of ether oxygens (including phenoxy) is 2. The Morgan fingerprint density at radius 1 is 1.05 bits per heavy atom. The summed E-state index contributed by atoms with van der Waals surface area (Å²) in [5.74, 6) is 1.48. The van der Waals surface area contributed by atoms with Crippen molar-refractivity contribution >= 4 is 5.69 Å².